The molecule has 0 saturated carbocycles. The first-order chi connectivity index (χ1) is 19.4. The van der Waals surface area contributed by atoms with Crippen LogP contribution in [0.4, 0.5) is 32.0 Å². The summed E-state index contributed by atoms with van der Waals surface area (Å²) in [5.74, 6) is -0.247. The van der Waals surface area contributed by atoms with E-state index in [1.165, 1.54) is 18.4 Å². The molecule has 1 heterocycles. The van der Waals surface area contributed by atoms with Gasteiger partial charge in [0.05, 0.1) is 45.9 Å². The van der Waals surface area contributed by atoms with E-state index in [-0.39, 0.29) is 27.6 Å². The SMILES string of the molecule is FC(F)(F)OC1=CCC(n2cnc3c4ccc(/C=N/NC(=S)Nc5cc(C(F)(F)F)ccc5Cl)cc4ccc32)C=C1. The Bertz CT molecular complexity index is 1730. The summed E-state index contributed by atoms with van der Waals surface area (Å²) in [5.41, 5.74) is 3.91. The van der Waals surface area contributed by atoms with Gasteiger partial charge in [-0.25, -0.2) is 4.98 Å². The lowest BCUT2D eigenvalue weighted by molar-refractivity contribution is -0.303. The quantitative estimate of drug-likeness (QED) is 0.104. The van der Waals surface area contributed by atoms with Crippen LogP contribution in [0.2, 0.25) is 5.02 Å². The molecule has 0 bridgehead atoms. The van der Waals surface area contributed by atoms with Gasteiger partial charge in [0.1, 0.15) is 5.76 Å². The number of aromatic nitrogens is 2. The maximum atomic E-state index is 13.0. The van der Waals surface area contributed by atoms with Crippen LogP contribution in [0.25, 0.3) is 21.8 Å². The van der Waals surface area contributed by atoms with E-state index in [9.17, 15) is 26.3 Å². The number of hydrogen-bond acceptors (Lipinski definition) is 4. The van der Waals surface area contributed by atoms with Crippen molar-refractivity contribution in [2.45, 2.75) is 25.0 Å². The molecule has 1 aromatic heterocycles. The van der Waals surface area contributed by atoms with Gasteiger partial charge in [-0.05, 0) is 72.1 Å². The first kappa shape index (κ1) is 28.4. The lowest BCUT2D eigenvalue weighted by Crippen LogP contribution is -2.24. The Kier molecular flexibility index (Phi) is 7.66. The van der Waals surface area contributed by atoms with Crippen LogP contribution in [0.3, 0.4) is 0 Å². The summed E-state index contributed by atoms with van der Waals surface area (Å²) in [5, 5.41) is 8.37. The van der Waals surface area contributed by atoms with Crippen molar-refractivity contribution in [2.75, 3.05) is 5.32 Å². The third-order valence-electron chi connectivity index (χ3n) is 6.14. The number of nitrogens with zero attached hydrogens (tertiary/aromatic N) is 3. The molecule has 0 fully saturated rings. The molecule has 0 spiro atoms. The van der Waals surface area contributed by atoms with E-state index in [1.54, 1.807) is 18.5 Å². The first-order valence-corrected chi connectivity index (χ1v) is 12.7. The molecule has 2 N–H and O–H groups in total. The van der Waals surface area contributed by atoms with Crippen LogP contribution >= 0.6 is 23.8 Å². The summed E-state index contributed by atoms with van der Waals surface area (Å²) in [6, 6.07) is 11.9. The standard InChI is InChI=1S/C27H18ClF6N5OS/c28-21-9-3-17(26(29,30)31)12-22(21)37-25(41)38-36-13-15-1-8-20-16(11-15)2-10-23-24(20)35-14-39(23)18-4-6-19(7-5-18)40-27(32,33)34/h1-4,6-14,18H,5H2,(H2,37,38,41)/b36-13+. The third-order valence-corrected chi connectivity index (χ3v) is 6.66. The smallest absolute Gasteiger partial charge is 0.406 e. The number of rotatable bonds is 5. The summed E-state index contributed by atoms with van der Waals surface area (Å²) in [4.78, 5) is 4.53. The molecule has 1 unspecified atom stereocenters. The molecule has 0 amide bonds. The lowest BCUT2D eigenvalue weighted by Gasteiger charge is -2.19. The van der Waals surface area contributed by atoms with Crippen molar-refractivity contribution in [1.29, 1.82) is 0 Å². The number of hydrogen-bond donors (Lipinski definition) is 2. The maximum absolute atomic E-state index is 13.0. The Hall–Kier alpha value is -4.10. The Balaban J connectivity index is 1.27. The molecule has 5 rings (SSSR count). The molecule has 6 nitrogen and oxygen atoms in total. The summed E-state index contributed by atoms with van der Waals surface area (Å²) in [6.07, 6.45) is -1.51. The van der Waals surface area contributed by atoms with Crippen molar-refractivity contribution in [2.24, 2.45) is 5.10 Å². The molecule has 0 radical (unpaired) electrons. The normalized spacial score (nSPS) is 15.9. The zero-order valence-corrected chi connectivity index (χ0v) is 22.2. The van der Waals surface area contributed by atoms with Crippen LogP contribution in [-0.2, 0) is 10.9 Å². The molecule has 0 saturated heterocycles. The molecule has 41 heavy (non-hydrogen) atoms. The molecule has 0 aliphatic heterocycles. The predicted molar refractivity (Wildman–Crippen MR) is 149 cm³/mol. The van der Waals surface area contributed by atoms with Gasteiger partial charge in [0.15, 0.2) is 5.11 Å². The summed E-state index contributed by atoms with van der Waals surface area (Å²) in [6.45, 7) is 0. The van der Waals surface area contributed by atoms with Crippen molar-refractivity contribution in [3.05, 3.63) is 95.0 Å². The topological polar surface area (TPSA) is 63.5 Å². The van der Waals surface area contributed by atoms with Gasteiger partial charge in [0.2, 0.25) is 0 Å². The number of fused-ring (bicyclic) bond motifs is 3. The van der Waals surface area contributed by atoms with E-state index in [4.69, 9.17) is 23.8 Å². The molecule has 1 aliphatic carbocycles. The Labute approximate surface area is 238 Å². The van der Waals surface area contributed by atoms with E-state index >= 15 is 0 Å². The lowest BCUT2D eigenvalue weighted by atomic mass is 10.0. The average molecular weight is 610 g/mol. The average Bonchev–Trinajstić information content (AvgIpc) is 3.33. The van der Waals surface area contributed by atoms with E-state index in [0.717, 1.165) is 40.0 Å². The first-order valence-electron chi connectivity index (χ1n) is 11.9. The Morgan fingerprint density at radius 3 is 2.61 bits per heavy atom. The van der Waals surface area contributed by atoms with E-state index < -0.39 is 18.1 Å². The van der Waals surface area contributed by atoms with Gasteiger partial charge in [-0.3, -0.25) is 5.43 Å². The van der Waals surface area contributed by atoms with Crippen LogP contribution in [-0.4, -0.2) is 27.2 Å². The fraction of sp³-hybridized carbons (Fsp3) is 0.148. The van der Waals surface area contributed by atoms with Crippen molar-refractivity contribution >= 4 is 62.6 Å². The van der Waals surface area contributed by atoms with Crippen LogP contribution in [0, 0.1) is 0 Å². The highest BCUT2D eigenvalue weighted by molar-refractivity contribution is 7.80. The second-order valence-electron chi connectivity index (χ2n) is 8.90. The van der Waals surface area contributed by atoms with Crippen molar-refractivity contribution in [1.82, 2.24) is 15.0 Å². The number of allylic oxidation sites excluding steroid dienone is 3. The van der Waals surface area contributed by atoms with E-state index in [0.29, 0.717) is 12.0 Å². The second-order valence-corrected chi connectivity index (χ2v) is 9.71. The van der Waals surface area contributed by atoms with Gasteiger partial charge >= 0.3 is 12.5 Å². The molecule has 1 aliphatic rings. The fourth-order valence-corrected chi connectivity index (χ4v) is 4.64. The number of benzene rings is 3. The molecular weight excluding hydrogens is 592 g/mol. The number of hydrazone groups is 1. The highest BCUT2D eigenvalue weighted by Gasteiger charge is 2.32. The van der Waals surface area contributed by atoms with Gasteiger partial charge < -0.3 is 14.6 Å². The number of halogens is 7. The zero-order valence-electron chi connectivity index (χ0n) is 20.6. The van der Waals surface area contributed by atoms with Crippen LogP contribution in [0.15, 0.2) is 83.9 Å². The van der Waals surface area contributed by atoms with Crippen LogP contribution < -0.4 is 10.7 Å². The molecule has 4 aromatic rings. The van der Waals surface area contributed by atoms with Crippen LogP contribution in [0.5, 0.6) is 0 Å². The largest absolute Gasteiger partial charge is 0.573 e. The Morgan fingerprint density at radius 2 is 1.90 bits per heavy atom. The number of anilines is 1. The van der Waals surface area contributed by atoms with Gasteiger partial charge in [-0.1, -0.05) is 35.9 Å². The van der Waals surface area contributed by atoms with Crippen molar-refractivity contribution in [3.8, 4) is 0 Å². The minimum Gasteiger partial charge on any atom is -0.406 e. The number of imidazole rings is 1. The van der Waals surface area contributed by atoms with Gasteiger partial charge in [0.25, 0.3) is 0 Å². The van der Waals surface area contributed by atoms with E-state index in [1.807, 2.05) is 28.8 Å². The maximum Gasteiger partial charge on any atom is 0.573 e. The highest BCUT2D eigenvalue weighted by atomic mass is 35.5. The second kappa shape index (κ2) is 11.1. The number of nitrogens with one attached hydrogen (secondary N) is 2. The summed E-state index contributed by atoms with van der Waals surface area (Å²) in [7, 11) is 0. The van der Waals surface area contributed by atoms with E-state index in [2.05, 4.69) is 25.6 Å². The molecule has 3 aromatic carbocycles. The minimum atomic E-state index is -4.74. The van der Waals surface area contributed by atoms with Gasteiger partial charge in [-0.15, -0.1) is 13.2 Å². The van der Waals surface area contributed by atoms with Gasteiger partial charge in [-0.2, -0.15) is 18.3 Å². The summed E-state index contributed by atoms with van der Waals surface area (Å²) < 4.78 is 82.2. The number of ether oxygens (including phenoxy) is 1. The van der Waals surface area contributed by atoms with Crippen molar-refractivity contribution < 1.29 is 31.1 Å². The van der Waals surface area contributed by atoms with Crippen molar-refractivity contribution in [3.63, 3.8) is 0 Å². The van der Waals surface area contributed by atoms with Crippen LogP contribution in [0.1, 0.15) is 23.6 Å². The minimum absolute atomic E-state index is 0.0156. The highest BCUT2D eigenvalue weighted by Crippen LogP contribution is 2.34. The molecule has 14 heteroatoms. The number of thiocarbonyl (C=S) groups is 1. The zero-order chi connectivity index (χ0) is 29.4. The molecular formula is C27H18ClF6N5OS. The number of alkyl halides is 6. The fourth-order valence-electron chi connectivity index (χ4n) is 4.31. The van der Waals surface area contributed by atoms with Gasteiger partial charge in [0, 0.05) is 5.39 Å². The summed E-state index contributed by atoms with van der Waals surface area (Å²) >= 11 is 11.1. The molecule has 1 atom stereocenters. The predicted octanol–water partition coefficient (Wildman–Crippen LogP) is 8.10. The Morgan fingerprint density at radius 1 is 1.10 bits per heavy atom. The third kappa shape index (κ3) is 6.63. The molecule has 212 valence electrons. The monoisotopic (exact) mass is 609 g/mol.